The number of hydrogen-bond donors (Lipinski definition) is 0. The number of nitrogens with zero attached hydrogens (tertiary/aromatic N) is 4. The zero-order valence-corrected chi connectivity index (χ0v) is 18.0. The van der Waals surface area contributed by atoms with E-state index in [4.69, 9.17) is 4.42 Å². The Labute approximate surface area is 177 Å². The predicted octanol–water partition coefficient (Wildman–Crippen LogP) is 3.41. The number of likely N-dealkylation sites (tertiary alicyclic amines) is 1. The molecule has 1 atom stereocenters. The Hall–Kier alpha value is -2.67. The lowest BCUT2D eigenvalue weighted by molar-refractivity contribution is -0.135. The standard InChI is InChI=1S/C23H30N4O3/c1-17(20-7-6-18(2)30-20)8-12-26-13-9-23(10-14-26)21(28)27(22(29)25(23)3)16-19-5-4-11-24-15-19/h4-7,11,15,17H,8-10,12-14,16H2,1-3H3. The quantitative estimate of drug-likeness (QED) is 0.683. The normalized spacial score (nSPS) is 20.4. The lowest BCUT2D eigenvalue weighted by Gasteiger charge is -2.41. The summed E-state index contributed by atoms with van der Waals surface area (Å²) >= 11 is 0. The first kappa shape index (κ1) is 20.6. The molecular formula is C23H30N4O3. The van der Waals surface area contributed by atoms with Gasteiger partial charge in [-0.2, -0.15) is 0 Å². The first-order valence-electron chi connectivity index (χ1n) is 10.7. The number of carbonyl (C=O) groups is 2. The molecule has 160 valence electrons. The van der Waals surface area contributed by atoms with Crippen molar-refractivity contribution < 1.29 is 14.0 Å². The van der Waals surface area contributed by atoms with E-state index in [2.05, 4.69) is 22.9 Å². The average Bonchev–Trinajstić information content (AvgIpc) is 3.27. The number of likely N-dealkylation sites (N-methyl/N-ethyl adjacent to an activating group) is 1. The topological polar surface area (TPSA) is 69.9 Å². The highest BCUT2D eigenvalue weighted by Gasteiger charge is 2.56. The van der Waals surface area contributed by atoms with Gasteiger partial charge in [0.05, 0.1) is 6.54 Å². The largest absolute Gasteiger partial charge is 0.466 e. The Morgan fingerprint density at radius 2 is 1.97 bits per heavy atom. The minimum Gasteiger partial charge on any atom is -0.466 e. The zero-order chi connectivity index (χ0) is 21.3. The fourth-order valence-electron chi connectivity index (χ4n) is 4.59. The van der Waals surface area contributed by atoms with Gasteiger partial charge in [0.15, 0.2) is 0 Å². The number of aryl methyl sites for hydroxylation is 1. The van der Waals surface area contributed by atoms with Crippen LogP contribution in [0.3, 0.4) is 0 Å². The van der Waals surface area contributed by atoms with Crippen LogP contribution in [-0.4, -0.2) is 63.8 Å². The molecule has 1 unspecified atom stereocenters. The summed E-state index contributed by atoms with van der Waals surface area (Å²) in [5.41, 5.74) is 0.156. The number of furan rings is 1. The van der Waals surface area contributed by atoms with Gasteiger partial charge in [-0.1, -0.05) is 13.0 Å². The molecule has 2 saturated heterocycles. The first-order chi connectivity index (χ1) is 14.4. The van der Waals surface area contributed by atoms with Crippen LogP contribution in [0, 0.1) is 6.92 Å². The van der Waals surface area contributed by atoms with E-state index in [1.807, 2.05) is 25.1 Å². The number of pyridine rings is 1. The Morgan fingerprint density at radius 3 is 2.60 bits per heavy atom. The Bertz CT molecular complexity index is 902. The monoisotopic (exact) mass is 410 g/mol. The van der Waals surface area contributed by atoms with Crippen molar-refractivity contribution in [3.05, 3.63) is 53.7 Å². The van der Waals surface area contributed by atoms with Gasteiger partial charge in [-0.15, -0.1) is 0 Å². The second-order valence-corrected chi connectivity index (χ2v) is 8.61. The van der Waals surface area contributed by atoms with Crippen molar-refractivity contribution in [2.24, 2.45) is 0 Å². The van der Waals surface area contributed by atoms with Gasteiger partial charge in [-0.25, -0.2) is 4.79 Å². The minimum absolute atomic E-state index is 0.0714. The van der Waals surface area contributed by atoms with Gasteiger partial charge in [0.1, 0.15) is 17.1 Å². The molecule has 0 aromatic carbocycles. The molecule has 2 aromatic heterocycles. The molecule has 4 heterocycles. The Morgan fingerprint density at radius 1 is 1.20 bits per heavy atom. The fraction of sp³-hybridized carbons (Fsp3) is 0.522. The molecule has 0 aliphatic carbocycles. The number of amides is 3. The van der Waals surface area contributed by atoms with Crippen LogP contribution in [0.2, 0.25) is 0 Å². The maximum absolute atomic E-state index is 13.3. The van der Waals surface area contributed by atoms with E-state index in [1.54, 1.807) is 24.3 Å². The Balaban J connectivity index is 1.35. The molecule has 0 bridgehead atoms. The second-order valence-electron chi connectivity index (χ2n) is 8.61. The van der Waals surface area contributed by atoms with Crippen LogP contribution in [-0.2, 0) is 11.3 Å². The fourth-order valence-corrected chi connectivity index (χ4v) is 4.59. The van der Waals surface area contributed by atoms with Crippen LogP contribution in [0.5, 0.6) is 0 Å². The number of rotatable bonds is 6. The van der Waals surface area contributed by atoms with Crippen molar-refractivity contribution in [3.63, 3.8) is 0 Å². The van der Waals surface area contributed by atoms with Crippen molar-refractivity contribution in [1.82, 2.24) is 19.7 Å². The molecule has 2 aliphatic heterocycles. The van der Waals surface area contributed by atoms with Crippen LogP contribution < -0.4 is 0 Å². The molecule has 0 radical (unpaired) electrons. The number of piperidine rings is 1. The number of imide groups is 1. The molecule has 0 saturated carbocycles. The van der Waals surface area contributed by atoms with Gasteiger partial charge >= 0.3 is 6.03 Å². The molecule has 2 aromatic rings. The molecule has 1 spiro atoms. The summed E-state index contributed by atoms with van der Waals surface area (Å²) in [4.78, 5) is 35.6. The molecule has 7 heteroatoms. The van der Waals surface area contributed by atoms with Crippen LogP contribution in [0.15, 0.2) is 41.1 Å². The van der Waals surface area contributed by atoms with Crippen molar-refractivity contribution in [2.75, 3.05) is 26.7 Å². The van der Waals surface area contributed by atoms with Gasteiger partial charge < -0.3 is 14.2 Å². The molecule has 2 aliphatic rings. The number of carbonyl (C=O) groups excluding carboxylic acids is 2. The van der Waals surface area contributed by atoms with E-state index in [1.165, 1.54) is 4.90 Å². The van der Waals surface area contributed by atoms with Gasteiger partial charge in [0.2, 0.25) is 0 Å². The smallest absolute Gasteiger partial charge is 0.327 e. The van der Waals surface area contributed by atoms with Gasteiger partial charge in [0, 0.05) is 38.4 Å². The molecular weight excluding hydrogens is 380 g/mol. The summed E-state index contributed by atoms with van der Waals surface area (Å²) in [6.45, 7) is 7.02. The van der Waals surface area contributed by atoms with Crippen LogP contribution in [0.4, 0.5) is 4.79 Å². The summed E-state index contributed by atoms with van der Waals surface area (Å²) in [5, 5.41) is 0. The van der Waals surface area contributed by atoms with E-state index >= 15 is 0 Å². The van der Waals surface area contributed by atoms with Crippen LogP contribution in [0.1, 0.15) is 49.2 Å². The zero-order valence-electron chi connectivity index (χ0n) is 18.0. The number of urea groups is 1. The van der Waals surface area contributed by atoms with Gasteiger partial charge in [-0.3, -0.25) is 14.7 Å². The molecule has 30 heavy (non-hydrogen) atoms. The first-order valence-corrected chi connectivity index (χ1v) is 10.7. The minimum atomic E-state index is -0.709. The van der Waals surface area contributed by atoms with Crippen LogP contribution >= 0.6 is 0 Å². The van der Waals surface area contributed by atoms with E-state index in [0.717, 1.165) is 43.1 Å². The van der Waals surface area contributed by atoms with Gasteiger partial charge in [-0.05, 0) is 56.5 Å². The van der Waals surface area contributed by atoms with Crippen LogP contribution in [0.25, 0.3) is 0 Å². The lowest BCUT2D eigenvalue weighted by atomic mass is 9.86. The third-order valence-electron chi connectivity index (χ3n) is 6.68. The highest BCUT2D eigenvalue weighted by Crippen LogP contribution is 2.37. The number of aromatic nitrogens is 1. The van der Waals surface area contributed by atoms with E-state index in [0.29, 0.717) is 18.8 Å². The highest BCUT2D eigenvalue weighted by molar-refractivity contribution is 6.06. The van der Waals surface area contributed by atoms with E-state index < -0.39 is 5.54 Å². The summed E-state index contributed by atoms with van der Waals surface area (Å²) < 4.78 is 5.74. The third kappa shape index (κ3) is 3.74. The number of hydrogen-bond acceptors (Lipinski definition) is 5. The Kier molecular flexibility index (Phi) is 5.64. The maximum atomic E-state index is 13.3. The van der Waals surface area contributed by atoms with Crippen molar-refractivity contribution in [1.29, 1.82) is 0 Å². The molecule has 7 nitrogen and oxygen atoms in total. The van der Waals surface area contributed by atoms with Gasteiger partial charge in [0.25, 0.3) is 5.91 Å². The molecule has 2 fully saturated rings. The van der Waals surface area contributed by atoms with E-state index in [9.17, 15) is 9.59 Å². The predicted molar refractivity (Wildman–Crippen MR) is 113 cm³/mol. The van der Waals surface area contributed by atoms with Crippen molar-refractivity contribution in [3.8, 4) is 0 Å². The summed E-state index contributed by atoms with van der Waals surface area (Å²) in [6, 6.07) is 7.57. The third-order valence-corrected chi connectivity index (χ3v) is 6.68. The molecule has 3 amide bonds. The van der Waals surface area contributed by atoms with Crippen molar-refractivity contribution >= 4 is 11.9 Å². The van der Waals surface area contributed by atoms with Crippen molar-refractivity contribution in [2.45, 2.75) is 51.1 Å². The molecule has 0 N–H and O–H groups in total. The summed E-state index contributed by atoms with van der Waals surface area (Å²) in [7, 11) is 1.76. The summed E-state index contributed by atoms with van der Waals surface area (Å²) in [5.74, 6) is 2.27. The highest BCUT2D eigenvalue weighted by atomic mass is 16.3. The average molecular weight is 411 g/mol. The lowest BCUT2D eigenvalue weighted by Crippen LogP contribution is -2.55. The maximum Gasteiger partial charge on any atom is 0.327 e. The van der Waals surface area contributed by atoms with E-state index in [-0.39, 0.29) is 18.5 Å². The SMILES string of the molecule is Cc1ccc(C(C)CCN2CCC3(CC2)C(=O)N(Cc2cccnc2)C(=O)N3C)o1. The second kappa shape index (κ2) is 8.22. The molecule has 4 rings (SSSR count). The summed E-state index contributed by atoms with van der Waals surface area (Å²) in [6.07, 6.45) is 5.75.